The second kappa shape index (κ2) is 9.94. The van der Waals surface area contributed by atoms with E-state index >= 15 is 0 Å². The maximum absolute atomic E-state index is 9.16. The maximum atomic E-state index is 9.16. The molecule has 1 N–H and O–H groups in total. The van der Waals surface area contributed by atoms with Crippen LogP contribution in [0.4, 0.5) is 11.6 Å². The minimum Gasteiger partial charge on any atom is -0.491 e. The van der Waals surface area contributed by atoms with Crippen LogP contribution in [0.25, 0.3) is 11.3 Å². The van der Waals surface area contributed by atoms with Gasteiger partial charge in [0, 0.05) is 37.6 Å². The average Bonchev–Trinajstić information content (AvgIpc) is 3.71. The van der Waals surface area contributed by atoms with E-state index in [0.29, 0.717) is 29.7 Å². The molecule has 5 rings (SSSR count). The molecule has 0 spiro atoms. The van der Waals surface area contributed by atoms with Crippen LogP contribution in [0, 0.1) is 11.3 Å². The van der Waals surface area contributed by atoms with E-state index in [4.69, 9.17) is 19.7 Å². The van der Waals surface area contributed by atoms with Crippen LogP contribution in [-0.4, -0.2) is 59.3 Å². The molecule has 0 bridgehead atoms. The molecule has 2 fully saturated rings. The number of ether oxygens (including phenoxy) is 2. The molecule has 1 saturated carbocycles. The maximum Gasteiger partial charge on any atom is 0.138 e. The van der Waals surface area contributed by atoms with Crippen molar-refractivity contribution < 1.29 is 9.47 Å². The van der Waals surface area contributed by atoms with Crippen molar-refractivity contribution in [3.05, 3.63) is 60.0 Å². The van der Waals surface area contributed by atoms with Gasteiger partial charge in [-0.3, -0.25) is 9.88 Å². The number of nitriles is 1. The van der Waals surface area contributed by atoms with Crippen molar-refractivity contribution in [2.24, 2.45) is 0 Å². The Morgan fingerprint density at radius 3 is 2.82 bits per heavy atom. The van der Waals surface area contributed by atoms with Crippen LogP contribution in [-0.2, 0) is 4.74 Å². The van der Waals surface area contributed by atoms with Gasteiger partial charge < -0.3 is 14.8 Å². The van der Waals surface area contributed by atoms with E-state index in [1.54, 1.807) is 24.5 Å². The van der Waals surface area contributed by atoms with Gasteiger partial charge in [-0.15, -0.1) is 0 Å². The summed E-state index contributed by atoms with van der Waals surface area (Å²) in [4.78, 5) is 15.9. The summed E-state index contributed by atoms with van der Waals surface area (Å²) in [6.45, 7) is 4.93. The summed E-state index contributed by atoms with van der Waals surface area (Å²) in [6, 6.07) is 11.7. The molecule has 8 nitrogen and oxygen atoms in total. The Hall–Kier alpha value is -3.54. The highest BCUT2D eigenvalue weighted by Gasteiger charge is 2.25. The molecule has 2 aliphatic rings. The molecular formula is C25H26N6O2. The first-order valence-corrected chi connectivity index (χ1v) is 11.3. The molecule has 4 heterocycles. The first kappa shape index (κ1) is 21.3. The monoisotopic (exact) mass is 442 g/mol. The van der Waals surface area contributed by atoms with E-state index in [1.165, 1.54) is 18.4 Å². The van der Waals surface area contributed by atoms with Gasteiger partial charge in [-0.2, -0.15) is 5.26 Å². The molecule has 1 aliphatic heterocycles. The highest BCUT2D eigenvalue weighted by Crippen LogP contribution is 2.42. The summed E-state index contributed by atoms with van der Waals surface area (Å²) in [5.41, 5.74) is 3.54. The normalized spacial score (nSPS) is 16.2. The SMILES string of the molecule is N#Cc1ccnc(Nc2cc(C3CC3)cc(-c3cncc(OCCN4CCOCC4)c3)n2)c1. The molecule has 168 valence electrons. The first-order chi connectivity index (χ1) is 16.3. The van der Waals surface area contributed by atoms with Gasteiger partial charge in [-0.25, -0.2) is 9.97 Å². The highest BCUT2D eigenvalue weighted by atomic mass is 16.5. The number of pyridine rings is 3. The van der Waals surface area contributed by atoms with Crippen molar-refractivity contribution >= 4 is 11.6 Å². The predicted octanol–water partition coefficient (Wildman–Crippen LogP) is 3.74. The van der Waals surface area contributed by atoms with Crippen molar-refractivity contribution in [3.8, 4) is 23.1 Å². The second-order valence-electron chi connectivity index (χ2n) is 8.32. The zero-order valence-corrected chi connectivity index (χ0v) is 18.4. The zero-order chi connectivity index (χ0) is 22.5. The Morgan fingerprint density at radius 2 is 2.00 bits per heavy atom. The number of rotatable bonds is 8. The minimum atomic E-state index is 0.553. The quantitative estimate of drug-likeness (QED) is 0.564. The van der Waals surface area contributed by atoms with Gasteiger partial charge in [0.2, 0.25) is 0 Å². The summed E-state index contributed by atoms with van der Waals surface area (Å²) in [6.07, 6.45) is 7.55. The fourth-order valence-electron chi connectivity index (χ4n) is 3.87. The van der Waals surface area contributed by atoms with Gasteiger partial charge in [0.05, 0.1) is 36.7 Å². The van der Waals surface area contributed by atoms with Crippen molar-refractivity contribution in [1.82, 2.24) is 19.9 Å². The summed E-state index contributed by atoms with van der Waals surface area (Å²) >= 11 is 0. The minimum absolute atomic E-state index is 0.553. The lowest BCUT2D eigenvalue weighted by molar-refractivity contribution is 0.0322. The van der Waals surface area contributed by atoms with E-state index in [0.717, 1.165) is 49.9 Å². The van der Waals surface area contributed by atoms with E-state index < -0.39 is 0 Å². The topological polar surface area (TPSA) is 96.2 Å². The van der Waals surface area contributed by atoms with Gasteiger partial charge >= 0.3 is 0 Å². The molecule has 0 amide bonds. The van der Waals surface area contributed by atoms with Gasteiger partial charge in [-0.05, 0) is 54.7 Å². The molecule has 8 heteroatoms. The van der Waals surface area contributed by atoms with E-state index in [9.17, 15) is 0 Å². The van der Waals surface area contributed by atoms with Crippen LogP contribution in [0.3, 0.4) is 0 Å². The molecule has 1 saturated heterocycles. The predicted molar refractivity (Wildman–Crippen MR) is 124 cm³/mol. The number of hydrogen-bond donors (Lipinski definition) is 1. The van der Waals surface area contributed by atoms with Crippen LogP contribution in [0.15, 0.2) is 48.9 Å². The highest BCUT2D eigenvalue weighted by molar-refractivity contribution is 5.65. The van der Waals surface area contributed by atoms with Gasteiger partial charge in [-0.1, -0.05) is 0 Å². The third kappa shape index (κ3) is 5.64. The lowest BCUT2D eigenvalue weighted by atomic mass is 10.1. The molecule has 0 aromatic carbocycles. The lowest BCUT2D eigenvalue weighted by Crippen LogP contribution is -2.38. The zero-order valence-electron chi connectivity index (χ0n) is 18.4. The number of nitrogens with one attached hydrogen (secondary N) is 1. The van der Waals surface area contributed by atoms with Crippen molar-refractivity contribution in [2.75, 3.05) is 44.8 Å². The number of hydrogen-bond acceptors (Lipinski definition) is 8. The Balaban J connectivity index is 1.33. The van der Waals surface area contributed by atoms with Gasteiger partial charge in [0.15, 0.2) is 0 Å². The van der Waals surface area contributed by atoms with Gasteiger partial charge in [0.25, 0.3) is 0 Å². The van der Waals surface area contributed by atoms with Crippen LogP contribution in [0.2, 0.25) is 0 Å². The molecule has 33 heavy (non-hydrogen) atoms. The molecule has 0 atom stereocenters. The Morgan fingerprint density at radius 1 is 1.12 bits per heavy atom. The van der Waals surface area contributed by atoms with E-state index in [1.807, 2.05) is 12.3 Å². The first-order valence-electron chi connectivity index (χ1n) is 11.3. The molecule has 3 aromatic heterocycles. The van der Waals surface area contributed by atoms with Gasteiger partial charge in [0.1, 0.15) is 24.0 Å². The third-order valence-corrected chi connectivity index (χ3v) is 5.83. The smallest absolute Gasteiger partial charge is 0.138 e. The largest absolute Gasteiger partial charge is 0.491 e. The third-order valence-electron chi connectivity index (χ3n) is 5.83. The number of anilines is 2. The number of morpholine rings is 1. The fraction of sp³-hybridized carbons (Fsp3) is 0.360. The van der Waals surface area contributed by atoms with Crippen LogP contribution in [0.5, 0.6) is 5.75 Å². The van der Waals surface area contributed by atoms with Crippen molar-refractivity contribution in [2.45, 2.75) is 18.8 Å². The number of nitrogens with zero attached hydrogens (tertiary/aromatic N) is 5. The summed E-state index contributed by atoms with van der Waals surface area (Å²) in [7, 11) is 0. The average molecular weight is 443 g/mol. The second-order valence-corrected chi connectivity index (χ2v) is 8.32. The molecule has 0 unspecified atom stereocenters. The van der Waals surface area contributed by atoms with E-state index in [2.05, 4.69) is 38.4 Å². The standard InChI is InChI=1S/C25H26N6O2/c26-15-18-3-4-28-24(11-18)30-25-14-20(19-1-2-19)13-23(29-25)21-12-22(17-27-16-21)33-10-7-31-5-8-32-9-6-31/h3-4,11-14,16-17,19H,1-2,5-10H2,(H,28,29,30). The fourth-order valence-corrected chi connectivity index (χ4v) is 3.87. The Kier molecular flexibility index (Phi) is 6.42. The molecule has 3 aromatic rings. The number of aromatic nitrogens is 3. The van der Waals surface area contributed by atoms with E-state index in [-0.39, 0.29) is 0 Å². The summed E-state index contributed by atoms with van der Waals surface area (Å²) in [5.74, 6) is 2.60. The Bertz CT molecular complexity index is 1150. The Labute approximate surface area is 193 Å². The lowest BCUT2D eigenvalue weighted by Gasteiger charge is -2.26. The van der Waals surface area contributed by atoms with Crippen molar-refractivity contribution in [3.63, 3.8) is 0 Å². The van der Waals surface area contributed by atoms with Crippen LogP contribution in [0.1, 0.15) is 29.9 Å². The molecule has 1 aliphatic carbocycles. The van der Waals surface area contributed by atoms with Crippen molar-refractivity contribution in [1.29, 1.82) is 5.26 Å². The molecule has 0 radical (unpaired) electrons. The summed E-state index contributed by atoms with van der Waals surface area (Å²) in [5, 5.41) is 12.4. The van der Waals surface area contributed by atoms with Crippen LogP contribution < -0.4 is 10.1 Å². The summed E-state index contributed by atoms with van der Waals surface area (Å²) < 4.78 is 11.4. The van der Waals surface area contributed by atoms with Crippen LogP contribution >= 0.6 is 0 Å². The molecular weight excluding hydrogens is 416 g/mol.